The molecule has 0 amide bonds. The van der Waals surface area contributed by atoms with Crippen LogP contribution in [0.3, 0.4) is 0 Å². The second-order valence-electron chi connectivity index (χ2n) is 3.24. The highest BCUT2D eigenvalue weighted by atomic mass is 32.3. The Bertz CT molecular complexity index is 517. The van der Waals surface area contributed by atoms with Gasteiger partial charge in [0.25, 0.3) is 0 Å². The van der Waals surface area contributed by atoms with Crippen molar-refractivity contribution in [3.63, 3.8) is 0 Å². The lowest BCUT2D eigenvalue weighted by Gasteiger charge is -1.94. The molecule has 5 nitrogen and oxygen atoms in total. The highest BCUT2D eigenvalue weighted by Crippen LogP contribution is 1.97. The Morgan fingerprint density at radius 2 is 1.41 bits per heavy atom. The smallest absolute Gasteiger partial charge is 0.212 e. The van der Waals surface area contributed by atoms with E-state index in [1.807, 2.05) is 36.4 Å². The molecule has 0 aliphatic rings. The molecule has 0 saturated carbocycles. The number of hydrogen-bond donors (Lipinski definition) is 1. The second kappa shape index (κ2) is 6.53. The summed E-state index contributed by atoms with van der Waals surface area (Å²) in [6.07, 6.45) is 3.38. The largest absolute Gasteiger partial charge is 0.221 e. The van der Waals surface area contributed by atoms with Crippen LogP contribution >= 0.6 is 0 Å². The number of sulfonamides is 2. The van der Waals surface area contributed by atoms with E-state index in [0.717, 1.165) is 12.5 Å². The minimum Gasteiger partial charge on any atom is -0.212 e. The summed E-state index contributed by atoms with van der Waals surface area (Å²) in [4.78, 5) is 0. The maximum Gasteiger partial charge on any atom is 0.221 e. The van der Waals surface area contributed by atoms with Crippen molar-refractivity contribution in [1.82, 2.24) is 4.13 Å². The first-order valence-electron chi connectivity index (χ1n) is 4.50. The molecule has 1 aromatic carbocycles. The molecule has 1 aromatic rings. The highest BCUT2D eigenvalue weighted by molar-refractivity contribution is 8.04. The predicted octanol–water partition coefficient (Wildman–Crippen LogP) is 0.825. The van der Waals surface area contributed by atoms with Gasteiger partial charge in [0.15, 0.2) is 0 Å². The third-order valence-corrected chi connectivity index (χ3v) is 3.76. The molecule has 0 atom stereocenters. The Balaban J connectivity index is 0.000000302. The summed E-state index contributed by atoms with van der Waals surface area (Å²) >= 11 is 0. The van der Waals surface area contributed by atoms with Crippen molar-refractivity contribution in [3.05, 3.63) is 42.5 Å². The van der Waals surface area contributed by atoms with Gasteiger partial charge in [-0.25, -0.2) is 16.8 Å². The highest BCUT2D eigenvalue weighted by Gasteiger charge is 2.08. The van der Waals surface area contributed by atoms with E-state index in [4.69, 9.17) is 0 Å². The molecule has 0 aliphatic heterocycles. The summed E-state index contributed by atoms with van der Waals surface area (Å²) in [7, 11) is -7.24. The SMILES string of the molecule is C=Cc1ccccc1.CS(=O)(=O)NS(C)(=O)=O. The fourth-order valence-electron chi connectivity index (χ4n) is 0.864. The number of nitrogens with one attached hydrogen (secondary N) is 1. The first kappa shape index (κ1) is 15.8. The third kappa shape index (κ3) is 11.1. The van der Waals surface area contributed by atoms with Gasteiger partial charge >= 0.3 is 0 Å². The summed E-state index contributed by atoms with van der Waals surface area (Å²) < 4.78 is 42.0. The zero-order chi connectivity index (χ0) is 13.5. The molecule has 7 heteroatoms. The second-order valence-corrected chi connectivity index (χ2v) is 7.00. The molecule has 0 fully saturated rings. The molecule has 0 aliphatic carbocycles. The normalized spacial score (nSPS) is 11.2. The number of rotatable bonds is 3. The molecule has 17 heavy (non-hydrogen) atoms. The lowest BCUT2D eigenvalue weighted by atomic mass is 10.2. The van der Waals surface area contributed by atoms with Crippen LogP contribution in [0.15, 0.2) is 36.9 Å². The average Bonchev–Trinajstić information content (AvgIpc) is 2.14. The Hall–Kier alpha value is -1.18. The fraction of sp³-hybridized carbons (Fsp3) is 0.200. The van der Waals surface area contributed by atoms with Gasteiger partial charge in [-0.15, -0.1) is 4.13 Å². The molecule has 0 aromatic heterocycles. The number of hydrogen-bond acceptors (Lipinski definition) is 4. The monoisotopic (exact) mass is 277 g/mol. The Kier molecular flexibility index (Phi) is 6.08. The molecule has 0 heterocycles. The quantitative estimate of drug-likeness (QED) is 0.887. The fourth-order valence-corrected chi connectivity index (χ4v) is 3.06. The van der Waals surface area contributed by atoms with Gasteiger partial charge in [0.05, 0.1) is 12.5 Å². The summed E-state index contributed by atoms with van der Waals surface area (Å²) in [6.45, 7) is 3.63. The van der Waals surface area contributed by atoms with Crippen LogP contribution in [0.25, 0.3) is 6.08 Å². The molecular formula is C10H15NO4S2. The van der Waals surface area contributed by atoms with Crippen LogP contribution in [0.4, 0.5) is 0 Å². The molecular weight excluding hydrogens is 262 g/mol. The lowest BCUT2D eigenvalue weighted by Crippen LogP contribution is -2.27. The van der Waals surface area contributed by atoms with Crippen LogP contribution in [0.2, 0.25) is 0 Å². The van der Waals surface area contributed by atoms with Crippen molar-refractivity contribution >= 4 is 26.1 Å². The topological polar surface area (TPSA) is 80.3 Å². The van der Waals surface area contributed by atoms with E-state index in [2.05, 4.69) is 6.58 Å². The molecule has 0 radical (unpaired) electrons. The third-order valence-electron chi connectivity index (χ3n) is 1.34. The van der Waals surface area contributed by atoms with Crippen LogP contribution < -0.4 is 4.13 Å². The minimum absolute atomic E-state index is 0.772. The molecule has 1 N–H and O–H groups in total. The van der Waals surface area contributed by atoms with E-state index in [0.29, 0.717) is 0 Å². The molecule has 0 unspecified atom stereocenters. The van der Waals surface area contributed by atoms with Crippen LogP contribution in [0, 0.1) is 0 Å². The van der Waals surface area contributed by atoms with Gasteiger partial charge < -0.3 is 0 Å². The summed E-state index contributed by atoms with van der Waals surface area (Å²) in [5.74, 6) is 0. The maximum absolute atomic E-state index is 10.2. The first-order valence-corrected chi connectivity index (χ1v) is 8.28. The Labute approximate surface area is 102 Å². The maximum atomic E-state index is 10.2. The Morgan fingerprint density at radius 1 is 1.00 bits per heavy atom. The summed E-state index contributed by atoms with van der Waals surface area (Å²) in [5, 5.41) is 0. The summed E-state index contributed by atoms with van der Waals surface area (Å²) in [6, 6.07) is 10.0. The van der Waals surface area contributed by atoms with Gasteiger partial charge in [-0.05, 0) is 5.56 Å². The van der Waals surface area contributed by atoms with E-state index in [1.54, 1.807) is 0 Å². The van der Waals surface area contributed by atoms with Crippen LogP contribution in [0.1, 0.15) is 5.56 Å². The molecule has 96 valence electrons. The minimum atomic E-state index is -3.62. The van der Waals surface area contributed by atoms with Crippen molar-refractivity contribution in [2.75, 3.05) is 12.5 Å². The zero-order valence-electron chi connectivity index (χ0n) is 9.62. The summed E-state index contributed by atoms with van der Waals surface area (Å²) in [5.41, 5.74) is 1.17. The number of benzene rings is 1. The Morgan fingerprint density at radius 3 is 1.59 bits per heavy atom. The van der Waals surface area contributed by atoms with Gasteiger partial charge in [-0.2, -0.15) is 0 Å². The zero-order valence-corrected chi connectivity index (χ0v) is 11.3. The van der Waals surface area contributed by atoms with Gasteiger partial charge in [0.2, 0.25) is 20.0 Å². The average molecular weight is 277 g/mol. The van der Waals surface area contributed by atoms with Crippen LogP contribution in [-0.2, 0) is 20.0 Å². The van der Waals surface area contributed by atoms with E-state index in [1.165, 1.54) is 9.69 Å². The molecule has 0 saturated heterocycles. The first-order chi connectivity index (χ1) is 7.64. The molecule has 0 bridgehead atoms. The van der Waals surface area contributed by atoms with Crippen LogP contribution in [0.5, 0.6) is 0 Å². The van der Waals surface area contributed by atoms with E-state index in [-0.39, 0.29) is 0 Å². The van der Waals surface area contributed by atoms with Gasteiger partial charge in [-0.3, -0.25) is 0 Å². The molecule has 0 spiro atoms. The van der Waals surface area contributed by atoms with Crippen LogP contribution in [-0.4, -0.2) is 29.3 Å². The van der Waals surface area contributed by atoms with Crippen molar-refractivity contribution in [1.29, 1.82) is 0 Å². The van der Waals surface area contributed by atoms with Gasteiger partial charge in [-0.1, -0.05) is 43.0 Å². The van der Waals surface area contributed by atoms with Crippen molar-refractivity contribution in [3.8, 4) is 0 Å². The van der Waals surface area contributed by atoms with Crippen molar-refractivity contribution in [2.24, 2.45) is 0 Å². The standard InChI is InChI=1S/C8H8.C2H7NO4S2/c1-2-8-6-4-3-5-7-8;1-8(4,5)3-9(2,6)7/h2-7H,1H2;3H,1-2H3. The van der Waals surface area contributed by atoms with Crippen molar-refractivity contribution in [2.45, 2.75) is 0 Å². The van der Waals surface area contributed by atoms with E-state index >= 15 is 0 Å². The van der Waals surface area contributed by atoms with E-state index < -0.39 is 20.0 Å². The van der Waals surface area contributed by atoms with Crippen molar-refractivity contribution < 1.29 is 16.8 Å². The van der Waals surface area contributed by atoms with Gasteiger partial charge in [0, 0.05) is 0 Å². The van der Waals surface area contributed by atoms with Gasteiger partial charge in [0.1, 0.15) is 0 Å². The molecule has 1 rings (SSSR count). The predicted molar refractivity (Wildman–Crippen MR) is 69.4 cm³/mol. The lowest BCUT2D eigenvalue weighted by molar-refractivity contribution is 0.584. The van der Waals surface area contributed by atoms with E-state index in [9.17, 15) is 16.8 Å².